The van der Waals surface area contributed by atoms with E-state index >= 15 is 0 Å². The molecule has 2 heteroatoms. The first-order valence-electron chi connectivity index (χ1n) is 2.20. The van der Waals surface area contributed by atoms with Crippen molar-refractivity contribution in [2.45, 2.75) is 0 Å². The van der Waals surface area contributed by atoms with Gasteiger partial charge in [0.2, 0.25) is 0 Å². The van der Waals surface area contributed by atoms with Gasteiger partial charge in [-0.2, -0.15) is 0 Å². The van der Waals surface area contributed by atoms with Gasteiger partial charge in [-0.15, -0.1) is 9.24 Å². The average molecular weight is 319 g/mol. The van der Waals surface area contributed by atoms with Crippen LogP contribution in [0.5, 0.6) is 0 Å². The molecule has 0 spiro atoms. The van der Waals surface area contributed by atoms with E-state index in [0.717, 1.165) is 0 Å². The first-order chi connectivity index (χ1) is 3.39. The van der Waals surface area contributed by atoms with Crippen LogP contribution >= 0.6 is 9.24 Å². The quantitative estimate of drug-likeness (QED) is 0.490. The van der Waals surface area contributed by atoms with E-state index in [1.165, 1.54) is 5.30 Å². The molecule has 0 N–H and O–H groups in total. The summed E-state index contributed by atoms with van der Waals surface area (Å²) in [6.45, 7) is 0. The Labute approximate surface area is 71.0 Å². The molecular weight excluding hydrogens is 312 g/mol. The maximum Gasteiger partial charge on any atom is 0 e. The normalized spacial score (nSPS) is 7.62. The van der Waals surface area contributed by atoms with Crippen LogP contribution in [0, 0.1) is 0 Å². The Bertz CT molecular complexity index is 138. The van der Waals surface area contributed by atoms with Crippen molar-refractivity contribution in [2.24, 2.45) is 0 Å². The van der Waals surface area contributed by atoms with Crippen molar-refractivity contribution in [3.05, 3.63) is 30.3 Å². The van der Waals surface area contributed by atoms with E-state index in [1.807, 2.05) is 30.3 Å². The molecule has 3 radical (unpaired) electrons. The first-order valence-corrected chi connectivity index (χ1v) is 2.78. The molecule has 0 saturated carbocycles. The fourth-order valence-corrected chi connectivity index (χ4v) is 0.675. The molecule has 0 aliphatic rings. The Balaban J connectivity index is 0.000000490. The van der Waals surface area contributed by atoms with Gasteiger partial charge >= 0.3 is 0 Å². The number of benzene rings is 1. The fraction of sp³-hybridized carbons (Fsp3) is 0. The van der Waals surface area contributed by atoms with Crippen molar-refractivity contribution in [3.63, 3.8) is 0 Å². The molecule has 0 aromatic heterocycles. The van der Waals surface area contributed by atoms with Crippen LogP contribution in [0.2, 0.25) is 0 Å². The fourth-order valence-electron chi connectivity index (χ4n) is 0.453. The molecule has 0 bridgehead atoms. The number of rotatable bonds is 0. The molecule has 1 atom stereocenters. The van der Waals surface area contributed by atoms with Gasteiger partial charge in [-0.3, -0.25) is 0 Å². The minimum atomic E-state index is 0. The van der Waals surface area contributed by atoms with Gasteiger partial charge in [0.25, 0.3) is 0 Å². The van der Waals surface area contributed by atoms with E-state index in [1.54, 1.807) is 0 Å². The molecule has 0 nitrogen and oxygen atoms in total. The molecule has 0 fully saturated rings. The second kappa shape index (κ2) is 4.42. The zero-order valence-electron chi connectivity index (χ0n) is 4.41. The third-order valence-corrected chi connectivity index (χ3v) is 1.18. The standard InChI is InChI=1S/C6H7P.Bi/c7-6-4-2-1-3-5-6;/h1-5H,7H2;. The van der Waals surface area contributed by atoms with Gasteiger partial charge in [0.1, 0.15) is 0 Å². The van der Waals surface area contributed by atoms with Gasteiger partial charge in [-0.1, -0.05) is 30.3 Å². The third kappa shape index (κ3) is 2.75. The van der Waals surface area contributed by atoms with Crippen LogP contribution in [-0.4, -0.2) is 26.2 Å². The molecule has 0 aliphatic carbocycles. The summed E-state index contributed by atoms with van der Waals surface area (Å²) >= 11 is 0. The Morgan fingerprint density at radius 1 is 1.00 bits per heavy atom. The summed E-state index contributed by atoms with van der Waals surface area (Å²) < 4.78 is 0. The van der Waals surface area contributed by atoms with E-state index in [0.29, 0.717) is 0 Å². The maximum absolute atomic E-state index is 2.63. The molecule has 41 valence electrons. The summed E-state index contributed by atoms with van der Waals surface area (Å²) in [5.74, 6) is 0. The van der Waals surface area contributed by atoms with E-state index in [4.69, 9.17) is 0 Å². The minimum absolute atomic E-state index is 0. The van der Waals surface area contributed by atoms with E-state index in [-0.39, 0.29) is 26.2 Å². The van der Waals surface area contributed by atoms with E-state index in [2.05, 4.69) is 9.24 Å². The largest absolute Gasteiger partial charge is 0.106 e. The zero-order valence-corrected chi connectivity index (χ0v) is 9.04. The summed E-state index contributed by atoms with van der Waals surface area (Å²) in [5, 5.41) is 1.24. The Morgan fingerprint density at radius 2 is 1.50 bits per heavy atom. The predicted octanol–water partition coefficient (Wildman–Crippen LogP) is 0.806. The molecule has 0 heterocycles. The number of hydrogen-bond acceptors (Lipinski definition) is 0. The van der Waals surface area contributed by atoms with Crippen LogP contribution in [0.4, 0.5) is 0 Å². The van der Waals surface area contributed by atoms with Gasteiger partial charge in [0.15, 0.2) is 0 Å². The van der Waals surface area contributed by atoms with Gasteiger partial charge in [0, 0.05) is 26.2 Å². The minimum Gasteiger partial charge on any atom is -0.106 e. The second-order valence-corrected chi connectivity index (χ2v) is 2.08. The molecule has 0 amide bonds. The van der Waals surface area contributed by atoms with E-state index in [9.17, 15) is 0 Å². The summed E-state index contributed by atoms with van der Waals surface area (Å²) in [6, 6.07) is 10.1. The zero-order chi connectivity index (χ0) is 5.11. The van der Waals surface area contributed by atoms with E-state index < -0.39 is 0 Å². The summed E-state index contributed by atoms with van der Waals surface area (Å²) in [5.41, 5.74) is 0. The van der Waals surface area contributed by atoms with Crippen molar-refractivity contribution in [3.8, 4) is 0 Å². The monoisotopic (exact) mass is 319 g/mol. The van der Waals surface area contributed by atoms with Gasteiger partial charge in [0.05, 0.1) is 0 Å². The van der Waals surface area contributed by atoms with Crippen molar-refractivity contribution in [1.82, 2.24) is 0 Å². The summed E-state index contributed by atoms with van der Waals surface area (Å²) in [4.78, 5) is 0. The maximum atomic E-state index is 2.63. The first kappa shape index (κ1) is 8.53. The second-order valence-electron chi connectivity index (χ2n) is 1.41. The Kier molecular flexibility index (Phi) is 4.71. The van der Waals surface area contributed by atoms with Crippen LogP contribution in [0.1, 0.15) is 0 Å². The Morgan fingerprint density at radius 3 is 1.75 bits per heavy atom. The summed E-state index contributed by atoms with van der Waals surface area (Å²) in [7, 11) is 2.63. The molecule has 1 rings (SSSR count). The number of hydrogen-bond donors (Lipinski definition) is 0. The van der Waals surface area contributed by atoms with Crippen LogP contribution in [0.25, 0.3) is 0 Å². The smallest absolute Gasteiger partial charge is 0 e. The topological polar surface area (TPSA) is 0 Å². The van der Waals surface area contributed by atoms with Crippen molar-refractivity contribution in [1.29, 1.82) is 0 Å². The SMILES string of the molecule is Pc1ccccc1.[Bi]. The molecule has 1 unspecified atom stereocenters. The van der Waals surface area contributed by atoms with Crippen molar-refractivity contribution >= 4 is 40.7 Å². The summed E-state index contributed by atoms with van der Waals surface area (Å²) in [6.07, 6.45) is 0. The van der Waals surface area contributed by atoms with Gasteiger partial charge < -0.3 is 0 Å². The molecule has 8 heavy (non-hydrogen) atoms. The molecule has 0 aliphatic heterocycles. The predicted molar refractivity (Wildman–Crippen MR) is 41.5 cm³/mol. The van der Waals surface area contributed by atoms with Crippen LogP contribution in [0.3, 0.4) is 0 Å². The van der Waals surface area contributed by atoms with Crippen LogP contribution in [0.15, 0.2) is 30.3 Å². The van der Waals surface area contributed by atoms with Gasteiger partial charge in [-0.05, 0) is 5.30 Å². The van der Waals surface area contributed by atoms with Crippen molar-refractivity contribution in [2.75, 3.05) is 0 Å². The van der Waals surface area contributed by atoms with Crippen LogP contribution < -0.4 is 5.30 Å². The average Bonchev–Trinajstić information content (AvgIpc) is 1.69. The third-order valence-electron chi connectivity index (χ3n) is 0.800. The van der Waals surface area contributed by atoms with Crippen molar-refractivity contribution < 1.29 is 0 Å². The molecule has 1 aromatic carbocycles. The molecular formula is C6H7BiP. The van der Waals surface area contributed by atoms with Gasteiger partial charge in [-0.25, -0.2) is 0 Å². The molecule has 0 saturated heterocycles. The molecule has 1 aromatic rings. The van der Waals surface area contributed by atoms with Crippen LogP contribution in [-0.2, 0) is 0 Å². The Hall–Kier alpha value is 0.533.